The second-order valence-electron chi connectivity index (χ2n) is 3.52. The van der Waals surface area contributed by atoms with Crippen molar-refractivity contribution >= 4 is 41.4 Å². The van der Waals surface area contributed by atoms with Crippen molar-refractivity contribution in [2.75, 3.05) is 18.5 Å². The van der Waals surface area contributed by atoms with Gasteiger partial charge in [0, 0.05) is 34.4 Å². The lowest BCUT2D eigenvalue weighted by Crippen LogP contribution is -2.12. The van der Waals surface area contributed by atoms with Crippen LogP contribution in [0.2, 0.25) is 0 Å². The van der Waals surface area contributed by atoms with E-state index in [9.17, 15) is 8.42 Å². The van der Waals surface area contributed by atoms with Crippen LogP contribution < -0.4 is 4.90 Å². The molecule has 2 rings (SSSR count). The van der Waals surface area contributed by atoms with Crippen LogP contribution in [0.3, 0.4) is 0 Å². The number of halogens is 2. The number of anilines is 1. The van der Waals surface area contributed by atoms with Gasteiger partial charge in [-0.2, -0.15) is 0 Å². The van der Waals surface area contributed by atoms with Gasteiger partial charge in [0.25, 0.3) is 9.05 Å². The molecule has 1 aliphatic rings. The molecular weight excluding hydrogens is 302 g/mol. The summed E-state index contributed by atoms with van der Waals surface area (Å²) in [5.41, 5.74) is 2.09. The number of fused-ring (bicyclic) bond motifs is 1. The average molecular weight is 311 g/mol. The molecule has 15 heavy (non-hydrogen) atoms. The molecule has 1 heterocycles. The first kappa shape index (κ1) is 11.2. The third-order valence-corrected chi connectivity index (χ3v) is 4.80. The first-order valence-corrected chi connectivity index (χ1v) is 7.48. The van der Waals surface area contributed by atoms with Gasteiger partial charge in [-0.15, -0.1) is 0 Å². The van der Waals surface area contributed by atoms with Crippen LogP contribution in [0, 0.1) is 0 Å². The van der Waals surface area contributed by atoms with Crippen LogP contribution in [-0.2, 0) is 15.5 Å². The molecule has 0 aliphatic carbocycles. The molecule has 0 atom stereocenters. The molecule has 6 heteroatoms. The molecule has 0 bridgehead atoms. The zero-order valence-corrected chi connectivity index (χ0v) is 11.2. The predicted octanol–water partition coefficient (Wildman–Crippen LogP) is 2.37. The van der Waals surface area contributed by atoms with Gasteiger partial charge in [0.2, 0.25) is 0 Å². The first-order valence-electron chi connectivity index (χ1n) is 4.38. The Balaban J connectivity index is 2.66. The zero-order chi connectivity index (χ0) is 11.2. The third kappa shape index (κ3) is 2.00. The number of nitrogens with zero attached hydrogens (tertiary/aromatic N) is 1. The van der Waals surface area contributed by atoms with Gasteiger partial charge in [-0.1, -0.05) is 0 Å². The molecule has 1 aromatic carbocycles. The minimum atomic E-state index is -3.68. The summed E-state index contributed by atoms with van der Waals surface area (Å²) in [7, 11) is 3.59. The predicted molar refractivity (Wildman–Crippen MR) is 64.2 cm³/mol. The van der Waals surface area contributed by atoms with Gasteiger partial charge >= 0.3 is 0 Å². The van der Waals surface area contributed by atoms with Crippen molar-refractivity contribution in [1.29, 1.82) is 0 Å². The van der Waals surface area contributed by atoms with E-state index >= 15 is 0 Å². The lowest BCUT2D eigenvalue weighted by Gasteiger charge is -2.13. The third-order valence-electron chi connectivity index (χ3n) is 2.52. The van der Waals surface area contributed by atoms with E-state index in [1.54, 1.807) is 6.07 Å². The molecule has 0 N–H and O–H groups in total. The largest absolute Gasteiger partial charge is 0.374 e. The van der Waals surface area contributed by atoms with Crippen molar-refractivity contribution in [3.8, 4) is 0 Å². The Morgan fingerprint density at radius 1 is 1.47 bits per heavy atom. The molecular formula is C9H9BrClNO2S. The lowest BCUT2D eigenvalue weighted by atomic mass is 10.2. The Morgan fingerprint density at radius 3 is 2.73 bits per heavy atom. The van der Waals surface area contributed by atoms with Crippen molar-refractivity contribution in [3.63, 3.8) is 0 Å². The van der Waals surface area contributed by atoms with Crippen molar-refractivity contribution in [2.24, 2.45) is 0 Å². The van der Waals surface area contributed by atoms with E-state index in [2.05, 4.69) is 15.9 Å². The highest BCUT2D eigenvalue weighted by atomic mass is 79.9. The molecule has 0 saturated carbocycles. The van der Waals surface area contributed by atoms with Gasteiger partial charge in [0.1, 0.15) is 0 Å². The number of rotatable bonds is 1. The van der Waals surface area contributed by atoms with Crippen molar-refractivity contribution < 1.29 is 8.42 Å². The van der Waals surface area contributed by atoms with Crippen LogP contribution in [0.1, 0.15) is 5.56 Å². The van der Waals surface area contributed by atoms with E-state index in [1.807, 2.05) is 18.0 Å². The standard InChI is InChI=1S/C9H9BrClNO2S/c1-12-3-2-6-4-7(10)9(5-8(6)12)15(11,13)14/h4-5H,2-3H2,1H3. The minimum absolute atomic E-state index is 0.136. The van der Waals surface area contributed by atoms with Crippen molar-refractivity contribution in [2.45, 2.75) is 11.3 Å². The van der Waals surface area contributed by atoms with E-state index in [-0.39, 0.29) is 4.90 Å². The molecule has 82 valence electrons. The summed E-state index contributed by atoms with van der Waals surface area (Å²) < 4.78 is 23.1. The molecule has 1 aliphatic heterocycles. The number of likely N-dealkylation sites (N-methyl/N-ethyl adjacent to an activating group) is 1. The quantitative estimate of drug-likeness (QED) is 0.747. The van der Waals surface area contributed by atoms with Crippen LogP contribution in [0.5, 0.6) is 0 Å². The Kier molecular flexibility index (Phi) is 2.73. The van der Waals surface area contributed by atoms with Crippen LogP contribution in [-0.4, -0.2) is 22.0 Å². The Labute approximate surface area is 102 Å². The van der Waals surface area contributed by atoms with E-state index < -0.39 is 9.05 Å². The number of hydrogen-bond donors (Lipinski definition) is 0. The molecule has 0 fully saturated rings. The normalized spacial score (nSPS) is 15.5. The smallest absolute Gasteiger partial charge is 0.262 e. The summed E-state index contributed by atoms with van der Waals surface area (Å²) in [5, 5.41) is 0. The zero-order valence-electron chi connectivity index (χ0n) is 8.00. The Bertz CT molecular complexity index is 515. The molecule has 1 aromatic rings. The fourth-order valence-corrected chi connectivity index (χ4v) is 3.97. The maximum atomic E-state index is 11.3. The molecule has 0 spiro atoms. The molecule has 3 nitrogen and oxygen atoms in total. The Morgan fingerprint density at radius 2 is 2.13 bits per heavy atom. The van der Waals surface area contributed by atoms with Crippen LogP contribution in [0.15, 0.2) is 21.5 Å². The highest BCUT2D eigenvalue weighted by Gasteiger charge is 2.22. The van der Waals surface area contributed by atoms with Gasteiger partial charge < -0.3 is 4.90 Å². The second-order valence-corrected chi connectivity index (χ2v) is 6.91. The molecule has 0 aromatic heterocycles. The minimum Gasteiger partial charge on any atom is -0.374 e. The molecule has 0 unspecified atom stereocenters. The second kappa shape index (κ2) is 3.64. The van der Waals surface area contributed by atoms with E-state index in [0.717, 1.165) is 24.2 Å². The highest BCUT2D eigenvalue weighted by molar-refractivity contribution is 9.10. The molecule has 0 saturated heterocycles. The summed E-state index contributed by atoms with van der Waals surface area (Å²) in [6.45, 7) is 0.910. The molecule has 0 amide bonds. The average Bonchev–Trinajstić information content (AvgIpc) is 2.44. The van der Waals surface area contributed by atoms with Gasteiger partial charge in [-0.25, -0.2) is 8.42 Å². The highest BCUT2D eigenvalue weighted by Crippen LogP contribution is 2.35. The van der Waals surface area contributed by atoms with Crippen LogP contribution in [0.25, 0.3) is 0 Å². The van der Waals surface area contributed by atoms with Crippen LogP contribution >= 0.6 is 26.6 Å². The van der Waals surface area contributed by atoms with Crippen LogP contribution in [0.4, 0.5) is 5.69 Å². The van der Waals surface area contributed by atoms with Gasteiger partial charge in [-0.05, 0) is 40.0 Å². The summed E-state index contributed by atoms with van der Waals surface area (Å²) in [6.07, 6.45) is 0.938. The van der Waals surface area contributed by atoms with Gasteiger partial charge in [-0.3, -0.25) is 0 Å². The first-order chi connectivity index (χ1) is 6.89. The SMILES string of the molecule is CN1CCc2cc(Br)c(S(=O)(=O)Cl)cc21. The monoisotopic (exact) mass is 309 g/mol. The molecule has 0 radical (unpaired) electrons. The Hall–Kier alpha value is -0.260. The van der Waals surface area contributed by atoms with Gasteiger partial charge in [0.15, 0.2) is 0 Å². The number of hydrogen-bond acceptors (Lipinski definition) is 3. The lowest BCUT2D eigenvalue weighted by molar-refractivity contribution is 0.609. The number of benzene rings is 1. The topological polar surface area (TPSA) is 37.4 Å². The fraction of sp³-hybridized carbons (Fsp3) is 0.333. The maximum absolute atomic E-state index is 11.3. The maximum Gasteiger partial charge on any atom is 0.262 e. The van der Waals surface area contributed by atoms with E-state index in [4.69, 9.17) is 10.7 Å². The van der Waals surface area contributed by atoms with E-state index in [1.165, 1.54) is 0 Å². The van der Waals surface area contributed by atoms with Crippen molar-refractivity contribution in [1.82, 2.24) is 0 Å². The van der Waals surface area contributed by atoms with Crippen molar-refractivity contribution in [3.05, 3.63) is 22.2 Å². The van der Waals surface area contributed by atoms with E-state index in [0.29, 0.717) is 4.47 Å². The van der Waals surface area contributed by atoms with Gasteiger partial charge in [0.05, 0.1) is 4.90 Å². The summed E-state index contributed by atoms with van der Waals surface area (Å²) >= 11 is 3.22. The summed E-state index contributed by atoms with van der Waals surface area (Å²) in [5.74, 6) is 0. The summed E-state index contributed by atoms with van der Waals surface area (Å²) in [4.78, 5) is 2.16. The summed E-state index contributed by atoms with van der Waals surface area (Å²) in [6, 6.07) is 3.45. The fourth-order valence-electron chi connectivity index (χ4n) is 1.73.